The summed E-state index contributed by atoms with van der Waals surface area (Å²) in [6.07, 6.45) is 0. The summed E-state index contributed by atoms with van der Waals surface area (Å²) in [6.45, 7) is 0. The Morgan fingerprint density at radius 1 is 1.25 bits per heavy atom. The molecule has 0 atom stereocenters. The minimum absolute atomic E-state index is 0. The molecule has 0 bridgehead atoms. The van der Waals surface area contributed by atoms with Gasteiger partial charge in [-0.05, 0) is 0 Å². The van der Waals surface area contributed by atoms with E-state index in [1.165, 1.54) is 0 Å². The minimum atomic E-state index is 0. The van der Waals surface area contributed by atoms with Crippen LogP contribution in [0.15, 0.2) is 0 Å². The summed E-state index contributed by atoms with van der Waals surface area (Å²) in [4.78, 5) is 0. The molecule has 4 heteroatoms. The van der Waals surface area contributed by atoms with Crippen LogP contribution in [0.2, 0.25) is 0 Å². The van der Waals surface area contributed by atoms with Crippen molar-refractivity contribution < 1.29 is 43.4 Å². The number of rotatable bonds is 0. The molecule has 0 unspecified atom stereocenters. The van der Waals surface area contributed by atoms with Crippen molar-refractivity contribution in [1.82, 2.24) is 0 Å². The van der Waals surface area contributed by atoms with Crippen LogP contribution in [0.3, 0.4) is 0 Å². The van der Waals surface area contributed by atoms with E-state index >= 15 is 0 Å². The summed E-state index contributed by atoms with van der Waals surface area (Å²) >= 11 is 1.06. The summed E-state index contributed by atoms with van der Waals surface area (Å²) in [5.41, 5.74) is 0. The predicted molar refractivity (Wildman–Crippen MR) is 7.84 cm³/mol. The molecule has 0 N–H and O–H groups in total. The zero-order valence-corrected chi connectivity index (χ0v) is 4.04. The van der Waals surface area contributed by atoms with E-state index < -0.39 is 0 Å². The van der Waals surface area contributed by atoms with Gasteiger partial charge in [0.25, 0.3) is 0 Å². The van der Waals surface area contributed by atoms with E-state index in [0.717, 1.165) is 17.4 Å². The molecule has 0 rings (SSSR count). The van der Waals surface area contributed by atoms with Gasteiger partial charge in [0, 0.05) is 22.4 Å². The van der Waals surface area contributed by atoms with Crippen LogP contribution in [-0.4, -0.2) is 18.9 Å². The molecule has 0 amide bonds. The summed E-state index contributed by atoms with van der Waals surface area (Å²) in [5, 5.41) is 0. The zero-order chi connectivity index (χ0) is 2.00. The van der Waals surface area contributed by atoms with E-state index in [0.29, 0.717) is 0 Å². The van der Waals surface area contributed by atoms with Gasteiger partial charge in [0.1, 0.15) is 0 Å². The average Bonchev–Trinajstić information content (AvgIpc) is 1.00. The van der Waals surface area contributed by atoms with Crippen LogP contribution in [0.1, 0.15) is 0 Å². The van der Waals surface area contributed by atoms with Crippen molar-refractivity contribution >= 4 is 18.9 Å². The van der Waals surface area contributed by atoms with Gasteiger partial charge in [-0.2, -0.15) is 0 Å². The van der Waals surface area contributed by atoms with Crippen LogP contribution in [0.4, 0.5) is 0 Å². The van der Waals surface area contributed by atoms with Crippen LogP contribution in [0, 0.1) is 0 Å². The Morgan fingerprint density at radius 3 is 1.25 bits per heavy atom. The number of hydrogen-bond acceptors (Lipinski definition) is 1. The van der Waals surface area contributed by atoms with Crippen LogP contribution in [0.5, 0.6) is 0 Å². The number of hydrogen-bond donors (Lipinski definition) is 0. The van der Waals surface area contributed by atoms with Crippen molar-refractivity contribution in [3.8, 4) is 0 Å². The second kappa shape index (κ2) is 22.1. The van der Waals surface area contributed by atoms with E-state index in [1.54, 1.807) is 0 Å². The molecule has 24 valence electrons. The second-order valence-electron chi connectivity index (χ2n) is 0. The van der Waals surface area contributed by atoms with E-state index in [4.69, 9.17) is 3.67 Å². The first-order valence-corrected chi connectivity index (χ1v) is 0.753. The van der Waals surface area contributed by atoms with Gasteiger partial charge in [0.05, 0.1) is 0 Å². The van der Waals surface area contributed by atoms with Gasteiger partial charge in [0.2, 0.25) is 0 Å². The van der Waals surface area contributed by atoms with Crippen molar-refractivity contribution in [2.24, 2.45) is 0 Å². The molecule has 0 aliphatic heterocycles. The van der Waals surface area contributed by atoms with Crippen LogP contribution in [0.25, 0.3) is 0 Å². The molecule has 0 aliphatic carbocycles. The van der Waals surface area contributed by atoms with E-state index in [1.807, 2.05) is 0 Å². The Morgan fingerprint density at radius 2 is 1.25 bits per heavy atom. The van der Waals surface area contributed by atoms with Gasteiger partial charge in [-0.15, -0.1) is 0 Å². The maximum atomic E-state index is 8.19. The quantitative estimate of drug-likeness (QED) is 0.450. The van der Waals surface area contributed by atoms with Gasteiger partial charge < -0.3 is 0 Å². The summed E-state index contributed by atoms with van der Waals surface area (Å²) in [5.74, 6) is 0. The maximum absolute atomic E-state index is 8.19. The third kappa shape index (κ3) is 9.30. The Hall–Kier alpha value is 1.72. The van der Waals surface area contributed by atoms with Gasteiger partial charge >= 0.3 is 39.9 Å². The normalized spacial score (nSPS) is 0.750. The molecule has 1 radical (unpaired) electrons. The first-order chi connectivity index (χ1) is 1.00. The first-order valence-electron chi connectivity index (χ1n) is 0.183. The first kappa shape index (κ1) is 17.2. The van der Waals surface area contributed by atoms with Crippen LogP contribution >= 0.6 is 0 Å². The Labute approximate surface area is 61.8 Å². The van der Waals surface area contributed by atoms with Crippen LogP contribution in [-0.2, 0) is 43.4 Å². The molecule has 0 saturated carbocycles. The molecule has 0 aliphatic rings. The molecule has 0 heterocycles. The summed E-state index contributed by atoms with van der Waals surface area (Å²) in [6, 6.07) is 0. The predicted octanol–water partition coefficient (Wildman–Crippen LogP) is -0.772. The molecule has 0 aromatic heterocycles. The Balaban J connectivity index is -0.00000000500. The van der Waals surface area contributed by atoms with Gasteiger partial charge in [-0.3, -0.25) is 0 Å². The fourth-order valence-corrected chi connectivity index (χ4v) is 0. The molecule has 4 heavy (non-hydrogen) atoms. The molecule has 0 aromatic rings. The van der Waals surface area contributed by atoms with Gasteiger partial charge in [-0.1, -0.05) is 0 Å². The van der Waals surface area contributed by atoms with E-state index in [2.05, 4.69) is 0 Å². The Bertz CT molecular complexity index is 8.00. The molecular formula is HAgLiOV. The van der Waals surface area contributed by atoms with E-state index in [9.17, 15) is 0 Å². The standard InChI is InChI=1S/Ag.Li.O.V.H. The molecule has 0 spiro atoms. The van der Waals surface area contributed by atoms with Crippen molar-refractivity contribution in [2.75, 3.05) is 0 Å². The SMILES string of the molecule is [Ag].[LiH].[O]=[V]. The fourth-order valence-electron chi connectivity index (χ4n) is 0. The van der Waals surface area contributed by atoms with Crippen molar-refractivity contribution in [3.05, 3.63) is 0 Å². The zero-order valence-electron chi connectivity index (χ0n) is 1.16. The Kier molecular flexibility index (Phi) is 95.0. The average molecular weight is 183 g/mol. The topological polar surface area (TPSA) is 17.1 Å². The summed E-state index contributed by atoms with van der Waals surface area (Å²) in [7, 11) is 0. The molecule has 1 nitrogen and oxygen atoms in total. The second-order valence-corrected chi connectivity index (χ2v) is 0. The fraction of sp³-hybridized carbons (Fsp3) is 0. The molecule has 0 fully saturated rings. The molecule has 0 aromatic carbocycles. The van der Waals surface area contributed by atoms with Crippen molar-refractivity contribution in [1.29, 1.82) is 0 Å². The third-order valence-corrected chi connectivity index (χ3v) is 0. The van der Waals surface area contributed by atoms with Crippen molar-refractivity contribution in [3.63, 3.8) is 0 Å². The monoisotopic (exact) mass is 182 g/mol. The third-order valence-electron chi connectivity index (χ3n) is 0. The van der Waals surface area contributed by atoms with Crippen molar-refractivity contribution in [2.45, 2.75) is 0 Å². The van der Waals surface area contributed by atoms with E-state index in [-0.39, 0.29) is 41.2 Å². The van der Waals surface area contributed by atoms with Crippen LogP contribution < -0.4 is 0 Å². The van der Waals surface area contributed by atoms with Gasteiger partial charge in [-0.25, -0.2) is 0 Å². The summed E-state index contributed by atoms with van der Waals surface area (Å²) < 4.78 is 8.19. The van der Waals surface area contributed by atoms with Gasteiger partial charge in [0.15, 0.2) is 0 Å². The molecular weight excluding hydrogens is 182 g/mol. The molecule has 0 saturated heterocycles.